The van der Waals surface area contributed by atoms with E-state index in [4.69, 9.17) is 10.5 Å². The van der Waals surface area contributed by atoms with Gasteiger partial charge in [0.15, 0.2) is 0 Å². The lowest BCUT2D eigenvalue weighted by atomic mass is 9.90. The van der Waals surface area contributed by atoms with Crippen molar-refractivity contribution in [2.45, 2.75) is 32.6 Å². The third kappa shape index (κ3) is 4.78. The number of nitrogens with one attached hydrogen (secondary N) is 2. The molecule has 0 aliphatic carbocycles. The Morgan fingerprint density at radius 2 is 1.79 bits per heavy atom. The van der Waals surface area contributed by atoms with Crippen LogP contribution in [0.1, 0.15) is 48.7 Å². The van der Waals surface area contributed by atoms with Gasteiger partial charge in [0.2, 0.25) is 5.91 Å². The molecular formula is C25H27N5O4. The number of nitrogens with zero attached hydrogens (tertiary/aromatic N) is 2. The van der Waals surface area contributed by atoms with Gasteiger partial charge in [-0.25, -0.2) is 4.79 Å². The molecule has 2 heterocycles. The number of allylic oxidation sites excluding steroid dienone is 1. The van der Waals surface area contributed by atoms with Gasteiger partial charge in [0.25, 0.3) is 5.91 Å². The first kappa shape index (κ1) is 23.0. The molecule has 1 saturated heterocycles. The molecule has 0 bridgehead atoms. The Morgan fingerprint density at radius 1 is 1.12 bits per heavy atom. The van der Waals surface area contributed by atoms with Crippen LogP contribution in [0.2, 0.25) is 0 Å². The number of aromatic amines is 1. The van der Waals surface area contributed by atoms with Crippen LogP contribution in [-0.4, -0.2) is 46.1 Å². The highest BCUT2D eigenvalue weighted by molar-refractivity contribution is 6.07. The smallest absolute Gasteiger partial charge is 0.414 e. The Balaban J connectivity index is 1.64. The summed E-state index contributed by atoms with van der Waals surface area (Å²) in [6.45, 7) is 7.80. The summed E-state index contributed by atoms with van der Waals surface area (Å²) in [5.41, 5.74) is 9.85. The fraction of sp³-hybridized carbons (Fsp3) is 0.280. The molecule has 0 spiro atoms. The summed E-state index contributed by atoms with van der Waals surface area (Å²) in [5.74, 6) is -0.204. The number of ether oxygens (including phenoxy) is 1. The molecular weight excluding hydrogens is 434 g/mol. The van der Waals surface area contributed by atoms with Crippen molar-refractivity contribution >= 4 is 34.5 Å². The molecule has 1 aliphatic heterocycles. The second-order valence-electron chi connectivity index (χ2n) is 8.51. The first-order valence-electron chi connectivity index (χ1n) is 11.0. The van der Waals surface area contributed by atoms with Gasteiger partial charge in [0.05, 0.1) is 11.3 Å². The molecule has 1 aromatic heterocycles. The van der Waals surface area contributed by atoms with Gasteiger partial charge in [0.1, 0.15) is 5.52 Å². The summed E-state index contributed by atoms with van der Waals surface area (Å²) in [4.78, 5) is 37.3. The number of hydrogen-bond donors (Lipinski definition) is 3. The van der Waals surface area contributed by atoms with E-state index < -0.39 is 5.91 Å². The van der Waals surface area contributed by atoms with Crippen molar-refractivity contribution in [2.24, 2.45) is 5.73 Å². The predicted octanol–water partition coefficient (Wildman–Crippen LogP) is 4.14. The Bertz CT molecular complexity index is 1270. The van der Waals surface area contributed by atoms with E-state index in [1.807, 2.05) is 18.2 Å². The quantitative estimate of drug-likeness (QED) is 0.492. The van der Waals surface area contributed by atoms with E-state index >= 15 is 0 Å². The van der Waals surface area contributed by atoms with Crippen molar-refractivity contribution in [3.05, 3.63) is 60.0 Å². The van der Waals surface area contributed by atoms with Crippen LogP contribution in [0.5, 0.6) is 0 Å². The number of hydrogen-bond acceptors (Lipinski definition) is 5. The zero-order valence-electron chi connectivity index (χ0n) is 19.2. The number of aromatic nitrogens is 2. The first-order valence-corrected chi connectivity index (χ1v) is 11.0. The van der Waals surface area contributed by atoms with Crippen LogP contribution >= 0.6 is 0 Å². The molecule has 0 atom stereocenters. The number of carbonyl (C=O) groups excluding carboxylic acids is 3. The van der Waals surface area contributed by atoms with Gasteiger partial charge in [0, 0.05) is 42.7 Å². The predicted molar refractivity (Wildman–Crippen MR) is 129 cm³/mol. The molecule has 4 rings (SSSR count). The highest BCUT2D eigenvalue weighted by Crippen LogP contribution is 2.35. The number of primary amides is 1. The van der Waals surface area contributed by atoms with E-state index in [1.54, 1.807) is 30.0 Å². The number of nitrogens with two attached hydrogens (primary N) is 1. The van der Waals surface area contributed by atoms with E-state index in [-0.39, 0.29) is 17.9 Å². The molecule has 0 unspecified atom stereocenters. The number of carbonyl (C=O) groups is 3. The maximum Gasteiger partial charge on any atom is 0.414 e. The van der Waals surface area contributed by atoms with Crippen LogP contribution in [-0.2, 0) is 9.53 Å². The molecule has 9 heteroatoms. The number of likely N-dealkylation sites (tertiary alicyclic amines) is 1. The summed E-state index contributed by atoms with van der Waals surface area (Å²) in [6, 6.07) is 11.1. The molecule has 1 fully saturated rings. The highest BCUT2D eigenvalue weighted by Gasteiger charge is 2.28. The van der Waals surface area contributed by atoms with Crippen LogP contribution in [0.25, 0.3) is 22.0 Å². The Kier molecular flexibility index (Phi) is 6.36. The number of benzene rings is 2. The molecule has 1 aliphatic rings. The second-order valence-corrected chi connectivity index (χ2v) is 8.51. The summed E-state index contributed by atoms with van der Waals surface area (Å²) < 4.78 is 5.12. The summed E-state index contributed by atoms with van der Waals surface area (Å²) in [7, 11) is 0. The Labute approximate surface area is 196 Å². The van der Waals surface area contributed by atoms with Crippen LogP contribution in [0, 0.1) is 0 Å². The number of piperidine rings is 1. The minimum atomic E-state index is -0.558. The van der Waals surface area contributed by atoms with Crippen LogP contribution in [0.3, 0.4) is 0 Å². The maximum atomic E-state index is 12.2. The van der Waals surface area contributed by atoms with E-state index in [1.165, 1.54) is 6.92 Å². The highest BCUT2D eigenvalue weighted by atomic mass is 16.6. The molecule has 0 radical (unpaired) electrons. The summed E-state index contributed by atoms with van der Waals surface area (Å²) >= 11 is 0. The lowest BCUT2D eigenvalue weighted by Gasteiger charge is -2.30. The summed E-state index contributed by atoms with van der Waals surface area (Å²) in [5, 5.41) is 11.1. The van der Waals surface area contributed by atoms with Crippen molar-refractivity contribution in [3.8, 4) is 11.1 Å². The number of H-pyrrole nitrogens is 1. The zero-order chi connectivity index (χ0) is 24.4. The zero-order valence-corrected chi connectivity index (χ0v) is 19.2. The molecule has 3 aromatic rings. The third-order valence-electron chi connectivity index (χ3n) is 5.92. The number of anilines is 1. The normalized spacial score (nSPS) is 14.1. The van der Waals surface area contributed by atoms with Crippen LogP contribution in [0.4, 0.5) is 10.5 Å². The van der Waals surface area contributed by atoms with Crippen molar-refractivity contribution in [2.75, 3.05) is 18.4 Å². The lowest BCUT2D eigenvalue weighted by Crippen LogP contribution is -2.38. The van der Waals surface area contributed by atoms with Gasteiger partial charge >= 0.3 is 6.09 Å². The molecule has 34 heavy (non-hydrogen) atoms. The molecule has 4 N–H and O–H groups in total. The lowest BCUT2D eigenvalue weighted by molar-refractivity contribution is -0.114. The second kappa shape index (κ2) is 9.38. The minimum Gasteiger partial charge on any atom is -0.416 e. The SMILES string of the molecule is C=C(C)OC(=O)N1CCC(c2[nH]nc3c(C(N)=O)cc(-c4ccc(NC(C)=O)cc4)cc23)CC1. The summed E-state index contributed by atoms with van der Waals surface area (Å²) in [6.07, 6.45) is 1.07. The van der Waals surface area contributed by atoms with Crippen LogP contribution in [0.15, 0.2) is 48.7 Å². The standard InChI is InChI=1S/C25H27N5O4/c1-14(2)34-25(33)30-10-8-17(9-11-30)22-20-12-18(13-21(24(26)32)23(20)29-28-22)16-4-6-19(7-5-16)27-15(3)31/h4-7,12-13,17H,1,8-11H2,2-3H3,(H2,26,32)(H,27,31)(H,28,29). The van der Waals surface area contributed by atoms with Crippen LogP contribution < -0.4 is 11.1 Å². The van der Waals surface area contributed by atoms with E-state index in [9.17, 15) is 14.4 Å². The average molecular weight is 462 g/mol. The number of fused-ring (bicyclic) bond motifs is 1. The largest absolute Gasteiger partial charge is 0.416 e. The number of amides is 3. The van der Waals surface area contributed by atoms with Crippen molar-refractivity contribution in [3.63, 3.8) is 0 Å². The third-order valence-corrected chi connectivity index (χ3v) is 5.92. The van der Waals surface area contributed by atoms with E-state index in [2.05, 4.69) is 22.1 Å². The van der Waals surface area contributed by atoms with E-state index in [0.717, 1.165) is 35.0 Å². The monoisotopic (exact) mass is 461 g/mol. The maximum absolute atomic E-state index is 12.2. The average Bonchev–Trinajstić information content (AvgIpc) is 3.22. The molecule has 2 aromatic carbocycles. The minimum absolute atomic E-state index is 0.136. The topological polar surface area (TPSA) is 130 Å². The Hall–Kier alpha value is -4.14. The molecule has 9 nitrogen and oxygen atoms in total. The molecule has 3 amide bonds. The van der Waals surface area contributed by atoms with Crippen molar-refractivity contribution in [1.82, 2.24) is 15.1 Å². The molecule has 0 saturated carbocycles. The van der Waals surface area contributed by atoms with Gasteiger partial charge in [-0.1, -0.05) is 18.7 Å². The molecule has 176 valence electrons. The fourth-order valence-corrected chi connectivity index (χ4v) is 4.32. The van der Waals surface area contributed by atoms with Crippen molar-refractivity contribution in [1.29, 1.82) is 0 Å². The fourth-order valence-electron chi connectivity index (χ4n) is 4.32. The van der Waals surface area contributed by atoms with Gasteiger partial charge in [-0.05, 0) is 55.2 Å². The van der Waals surface area contributed by atoms with Gasteiger partial charge < -0.3 is 20.7 Å². The number of rotatable bonds is 5. The van der Waals surface area contributed by atoms with Crippen molar-refractivity contribution < 1.29 is 19.1 Å². The first-order chi connectivity index (χ1) is 16.2. The Morgan fingerprint density at radius 3 is 2.38 bits per heavy atom. The van der Waals surface area contributed by atoms with Gasteiger partial charge in [-0.3, -0.25) is 14.7 Å². The van der Waals surface area contributed by atoms with Gasteiger partial charge in [-0.15, -0.1) is 0 Å². The van der Waals surface area contributed by atoms with Gasteiger partial charge in [-0.2, -0.15) is 5.10 Å². The van der Waals surface area contributed by atoms with E-state index in [0.29, 0.717) is 35.6 Å².